The van der Waals surface area contributed by atoms with Crippen molar-refractivity contribution in [2.75, 3.05) is 17.2 Å². The molecule has 1 saturated carbocycles. The van der Waals surface area contributed by atoms with Crippen LogP contribution in [0.5, 0.6) is 0 Å². The second kappa shape index (κ2) is 3.91. The maximum atomic E-state index is 12.3. The third-order valence-corrected chi connectivity index (χ3v) is 4.12. The smallest absolute Gasteiger partial charge is 0.232 e. The van der Waals surface area contributed by atoms with Crippen molar-refractivity contribution < 1.29 is 4.79 Å². The third kappa shape index (κ3) is 1.78. The Morgan fingerprint density at radius 3 is 2.71 bits per heavy atom. The molecule has 0 bridgehead atoms. The zero-order valence-electron chi connectivity index (χ0n) is 9.55. The van der Waals surface area contributed by atoms with Crippen molar-refractivity contribution in [3.8, 4) is 0 Å². The van der Waals surface area contributed by atoms with Crippen LogP contribution in [-0.4, -0.2) is 12.5 Å². The normalized spacial score (nSPS) is 21.6. The van der Waals surface area contributed by atoms with Gasteiger partial charge in [-0.15, -0.1) is 0 Å². The molecule has 1 amide bonds. The van der Waals surface area contributed by atoms with Gasteiger partial charge in [0.15, 0.2) is 0 Å². The van der Waals surface area contributed by atoms with E-state index in [1.54, 1.807) is 6.07 Å². The highest BCUT2D eigenvalue weighted by molar-refractivity contribution is 6.31. The quantitative estimate of drug-likeness (QED) is 0.742. The lowest BCUT2D eigenvalue weighted by atomic mass is 9.85. The molecular weight excluding hydrogens is 236 g/mol. The molecular formula is C13H15ClN2O. The van der Waals surface area contributed by atoms with Crippen LogP contribution in [0, 0.1) is 5.41 Å². The van der Waals surface area contributed by atoms with Crippen molar-refractivity contribution in [2.45, 2.75) is 25.7 Å². The van der Waals surface area contributed by atoms with E-state index >= 15 is 0 Å². The van der Waals surface area contributed by atoms with Crippen LogP contribution in [0.25, 0.3) is 0 Å². The molecule has 0 atom stereocenters. The summed E-state index contributed by atoms with van der Waals surface area (Å²) in [5, 5.41) is 7.07. The first-order valence-electron chi connectivity index (χ1n) is 6.05. The van der Waals surface area contributed by atoms with Crippen molar-refractivity contribution in [2.24, 2.45) is 5.41 Å². The Kier molecular flexibility index (Phi) is 2.51. The molecule has 0 unspecified atom stereocenters. The fraction of sp³-hybridized carbons (Fsp3) is 0.462. The van der Waals surface area contributed by atoms with Gasteiger partial charge in [0.2, 0.25) is 5.91 Å². The Morgan fingerprint density at radius 1 is 1.18 bits per heavy atom. The Labute approximate surface area is 106 Å². The summed E-state index contributed by atoms with van der Waals surface area (Å²) in [4.78, 5) is 12.3. The molecule has 0 aromatic heterocycles. The highest BCUT2D eigenvalue weighted by atomic mass is 35.5. The van der Waals surface area contributed by atoms with Gasteiger partial charge in [0, 0.05) is 11.6 Å². The monoisotopic (exact) mass is 250 g/mol. The molecule has 3 nitrogen and oxygen atoms in total. The van der Waals surface area contributed by atoms with Crippen molar-refractivity contribution in [1.29, 1.82) is 0 Å². The maximum absolute atomic E-state index is 12.3. The number of amides is 1. The molecule has 1 aliphatic carbocycles. The molecule has 1 aromatic carbocycles. The predicted octanol–water partition coefficient (Wildman–Crippen LogP) is 3.26. The zero-order valence-corrected chi connectivity index (χ0v) is 10.3. The van der Waals surface area contributed by atoms with Gasteiger partial charge < -0.3 is 10.6 Å². The molecule has 3 rings (SSSR count). The molecule has 2 N–H and O–H groups in total. The second-order valence-electron chi connectivity index (χ2n) is 4.99. The lowest BCUT2D eigenvalue weighted by Crippen LogP contribution is -2.37. The van der Waals surface area contributed by atoms with Gasteiger partial charge in [-0.2, -0.15) is 0 Å². The van der Waals surface area contributed by atoms with E-state index in [2.05, 4.69) is 10.6 Å². The van der Waals surface area contributed by atoms with Crippen LogP contribution in [-0.2, 0) is 4.79 Å². The lowest BCUT2D eigenvalue weighted by Gasteiger charge is -2.24. The van der Waals surface area contributed by atoms with E-state index in [0.717, 1.165) is 37.1 Å². The summed E-state index contributed by atoms with van der Waals surface area (Å²) in [5.74, 6) is 0.156. The first-order valence-corrected chi connectivity index (χ1v) is 6.42. The number of carbonyl (C=O) groups excluding carboxylic acids is 1. The van der Waals surface area contributed by atoms with E-state index in [1.165, 1.54) is 0 Å². The molecule has 0 radical (unpaired) electrons. The number of hydrogen-bond acceptors (Lipinski definition) is 2. The van der Waals surface area contributed by atoms with E-state index in [9.17, 15) is 4.79 Å². The number of fused-ring (bicyclic) bond motifs is 1. The number of rotatable bonds is 0. The average Bonchev–Trinajstić information content (AvgIpc) is 2.74. The zero-order chi connectivity index (χ0) is 11.9. The molecule has 1 aliphatic heterocycles. The molecule has 90 valence electrons. The fourth-order valence-electron chi connectivity index (χ4n) is 2.83. The van der Waals surface area contributed by atoms with Gasteiger partial charge in [-0.25, -0.2) is 0 Å². The summed E-state index contributed by atoms with van der Waals surface area (Å²) in [5.41, 5.74) is 1.55. The number of benzene rings is 1. The van der Waals surface area contributed by atoms with Crippen molar-refractivity contribution >= 4 is 28.9 Å². The Morgan fingerprint density at radius 2 is 1.94 bits per heavy atom. The van der Waals surface area contributed by atoms with Gasteiger partial charge in [-0.05, 0) is 31.0 Å². The number of halogens is 1. The van der Waals surface area contributed by atoms with E-state index in [4.69, 9.17) is 11.6 Å². The molecule has 2 aliphatic rings. The van der Waals surface area contributed by atoms with Crippen molar-refractivity contribution in [3.63, 3.8) is 0 Å². The van der Waals surface area contributed by atoms with Crippen LogP contribution in [0.4, 0.5) is 11.4 Å². The minimum atomic E-state index is -0.217. The van der Waals surface area contributed by atoms with Crippen LogP contribution in [0.1, 0.15) is 25.7 Å². The predicted molar refractivity (Wildman–Crippen MR) is 69.5 cm³/mol. The number of anilines is 2. The highest BCUT2D eigenvalue weighted by Gasteiger charge is 2.42. The van der Waals surface area contributed by atoms with Gasteiger partial charge in [-0.1, -0.05) is 24.4 Å². The Hall–Kier alpha value is -1.22. The molecule has 1 aromatic rings. The van der Waals surface area contributed by atoms with Crippen LogP contribution in [0.15, 0.2) is 18.2 Å². The number of hydrogen-bond donors (Lipinski definition) is 2. The highest BCUT2D eigenvalue weighted by Crippen LogP contribution is 2.42. The van der Waals surface area contributed by atoms with Gasteiger partial charge in [0.1, 0.15) is 0 Å². The topological polar surface area (TPSA) is 41.1 Å². The second-order valence-corrected chi connectivity index (χ2v) is 5.42. The minimum absolute atomic E-state index is 0.156. The Balaban J connectivity index is 1.96. The fourth-order valence-corrected chi connectivity index (χ4v) is 3.00. The molecule has 4 heteroatoms. The van der Waals surface area contributed by atoms with Gasteiger partial charge in [-0.3, -0.25) is 4.79 Å². The molecule has 1 spiro atoms. The van der Waals surface area contributed by atoms with Gasteiger partial charge >= 0.3 is 0 Å². The SMILES string of the molecule is O=C1Nc2ccc(Cl)cc2NCC12CCCC2. The summed E-state index contributed by atoms with van der Waals surface area (Å²) in [6, 6.07) is 5.52. The standard InChI is InChI=1S/C13H15ClN2O/c14-9-3-4-10-11(7-9)15-8-13(12(17)16-10)5-1-2-6-13/h3-4,7,15H,1-2,5-6,8H2,(H,16,17). The van der Waals surface area contributed by atoms with Crippen molar-refractivity contribution in [3.05, 3.63) is 23.2 Å². The summed E-state index contributed by atoms with van der Waals surface area (Å²) in [6.45, 7) is 0.714. The molecule has 0 saturated heterocycles. The summed E-state index contributed by atoms with van der Waals surface area (Å²) in [7, 11) is 0. The van der Waals surface area contributed by atoms with E-state index < -0.39 is 0 Å². The van der Waals surface area contributed by atoms with Crippen LogP contribution in [0.2, 0.25) is 5.02 Å². The third-order valence-electron chi connectivity index (χ3n) is 3.89. The van der Waals surface area contributed by atoms with Gasteiger partial charge in [0.25, 0.3) is 0 Å². The van der Waals surface area contributed by atoms with E-state index in [1.807, 2.05) is 12.1 Å². The summed E-state index contributed by atoms with van der Waals surface area (Å²) < 4.78 is 0. The lowest BCUT2D eigenvalue weighted by molar-refractivity contribution is -0.124. The number of carbonyl (C=O) groups is 1. The average molecular weight is 251 g/mol. The first kappa shape index (κ1) is 10.9. The van der Waals surface area contributed by atoms with E-state index in [-0.39, 0.29) is 11.3 Å². The first-order chi connectivity index (χ1) is 8.20. The van der Waals surface area contributed by atoms with Gasteiger partial charge in [0.05, 0.1) is 16.8 Å². The molecule has 1 heterocycles. The van der Waals surface area contributed by atoms with Crippen molar-refractivity contribution in [1.82, 2.24) is 0 Å². The maximum Gasteiger partial charge on any atom is 0.232 e. The summed E-state index contributed by atoms with van der Waals surface area (Å²) >= 11 is 5.96. The Bertz CT molecular complexity index is 466. The van der Waals surface area contributed by atoms with E-state index in [0.29, 0.717) is 11.6 Å². The number of nitrogens with one attached hydrogen (secondary N) is 2. The van der Waals surface area contributed by atoms with Crippen LogP contribution < -0.4 is 10.6 Å². The minimum Gasteiger partial charge on any atom is -0.382 e. The van der Waals surface area contributed by atoms with Crippen LogP contribution >= 0.6 is 11.6 Å². The largest absolute Gasteiger partial charge is 0.382 e. The van der Waals surface area contributed by atoms with Crippen LogP contribution in [0.3, 0.4) is 0 Å². The summed E-state index contributed by atoms with van der Waals surface area (Å²) in [6.07, 6.45) is 4.25. The molecule has 1 fully saturated rings. The molecule has 17 heavy (non-hydrogen) atoms.